The minimum Gasteiger partial charge on any atom is -0.494 e. The molecule has 130 valence electrons. The van der Waals surface area contributed by atoms with Gasteiger partial charge < -0.3 is 4.74 Å². The van der Waals surface area contributed by atoms with Gasteiger partial charge in [-0.25, -0.2) is 0 Å². The lowest BCUT2D eigenvalue weighted by molar-refractivity contribution is 0.306. The summed E-state index contributed by atoms with van der Waals surface area (Å²) in [7, 11) is 0. The van der Waals surface area contributed by atoms with E-state index in [2.05, 4.69) is 43.9 Å². The molecule has 0 bridgehead atoms. The first-order valence-corrected chi connectivity index (χ1v) is 9.75. The molecule has 0 heterocycles. The smallest absolute Gasteiger partial charge is 0.119 e. The molecular weight excluding hydrogens is 292 g/mol. The number of unbranched alkanes of at least 4 members (excludes halogenated alkanes) is 3. The van der Waals surface area contributed by atoms with Crippen molar-refractivity contribution in [3.05, 3.63) is 41.5 Å². The highest BCUT2D eigenvalue weighted by Crippen LogP contribution is 2.27. The van der Waals surface area contributed by atoms with Crippen LogP contribution in [0.3, 0.4) is 0 Å². The van der Waals surface area contributed by atoms with Gasteiger partial charge in [-0.1, -0.05) is 63.9 Å². The average molecular weight is 325 g/mol. The van der Waals surface area contributed by atoms with E-state index in [1.807, 2.05) is 12.1 Å². The van der Waals surface area contributed by atoms with Crippen molar-refractivity contribution < 1.29 is 4.74 Å². The van der Waals surface area contributed by atoms with E-state index in [-0.39, 0.29) is 0 Å². The van der Waals surface area contributed by atoms with Crippen LogP contribution >= 0.6 is 0 Å². The summed E-state index contributed by atoms with van der Waals surface area (Å²) in [5, 5.41) is 0. The quantitative estimate of drug-likeness (QED) is 0.390. The first-order valence-electron chi connectivity index (χ1n) is 9.75. The summed E-state index contributed by atoms with van der Waals surface area (Å²) in [6, 6.07) is 8.20. The molecule has 1 aromatic carbocycles. The van der Waals surface area contributed by atoms with Crippen LogP contribution in [0.5, 0.6) is 5.75 Å². The van der Waals surface area contributed by atoms with Crippen molar-refractivity contribution in [2.45, 2.75) is 71.6 Å². The van der Waals surface area contributed by atoms with E-state index in [1.54, 1.807) is 0 Å². The predicted octanol–water partition coefficient (Wildman–Crippen LogP) is 6.52. The highest BCUT2D eigenvalue weighted by atomic mass is 16.5. The van der Waals surface area contributed by atoms with E-state index in [0.29, 0.717) is 0 Å². The standard InChI is InChI=1S/C23H32O/c1-3-5-7-19-24-23-17-15-22(16-18-23)14-13-21-11-9-20(10-12-21)8-6-4-2/h11,15-18,20H,3-10,12,19H2,1-2H3. The first-order chi connectivity index (χ1) is 11.8. The first kappa shape index (κ1) is 18.7. The van der Waals surface area contributed by atoms with Crippen molar-refractivity contribution in [3.8, 4) is 17.6 Å². The van der Waals surface area contributed by atoms with E-state index in [9.17, 15) is 0 Å². The molecule has 0 saturated heterocycles. The summed E-state index contributed by atoms with van der Waals surface area (Å²) in [6.07, 6.45) is 13.7. The molecule has 0 spiro atoms. The van der Waals surface area contributed by atoms with Gasteiger partial charge in [-0.3, -0.25) is 0 Å². The van der Waals surface area contributed by atoms with E-state index < -0.39 is 0 Å². The number of benzene rings is 1. The molecule has 0 fully saturated rings. The van der Waals surface area contributed by atoms with Crippen molar-refractivity contribution in [2.75, 3.05) is 6.61 Å². The van der Waals surface area contributed by atoms with Gasteiger partial charge in [0.2, 0.25) is 0 Å². The zero-order valence-electron chi connectivity index (χ0n) is 15.4. The fourth-order valence-corrected chi connectivity index (χ4v) is 3.09. The Morgan fingerprint density at radius 3 is 2.46 bits per heavy atom. The molecule has 1 aliphatic carbocycles. The maximum Gasteiger partial charge on any atom is 0.119 e. The number of hydrogen-bond acceptors (Lipinski definition) is 1. The lowest BCUT2D eigenvalue weighted by Gasteiger charge is -2.19. The highest BCUT2D eigenvalue weighted by Gasteiger charge is 2.12. The van der Waals surface area contributed by atoms with Gasteiger partial charge >= 0.3 is 0 Å². The van der Waals surface area contributed by atoms with Gasteiger partial charge in [0.15, 0.2) is 0 Å². The zero-order valence-corrected chi connectivity index (χ0v) is 15.4. The van der Waals surface area contributed by atoms with Crippen molar-refractivity contribution >= 4 is 0 Å². The van der Waals surface area contributed by atoms with Crippen LogP contribution in [-0.4, -0.2) is 6.61 Å². The molecule has 1 heteroatoms. The molecule has 0 aliphatic heterocycles. The maximum absolute atomic E-state index is 5.74. The lowest BCUT2D eigenvalue weighted by atomic mass is 9.86. The normalized spacial score (nSPS) is 16.9. The van der Waals surface area contributed by atoms with E-state index in [0.717, 1.165) is 36.7 Å². The maximum atomic E-state index is 5.74. The summed E-state index contributed by atoms with van der Waals surface area (Å²) in [4.78, 5) is 0. The van der Waals surface area contributed by atoms with Crippen molar-refractivity contribution in [1.82, 2.24) is 0 Å². The SMILES string of the molecule is CCCCCOc1ccc(C#CC2=CCC(CCCC)CC2)cc1. The molecule has 0 amide bonds. The van der Waals surface area contributed by atoms with Crippen LogP contribution in [0.2, 0.25) is 0 Å². The van der Waals surface area contributed by atoms with Gasteiger partial charge in [-0.15, -0.1) is 0 Å². The van der Waals surface area contributed by atoms with Crippen LogP contribution < -0.4 is 4.74 Å². The van der Waals surface area contributed by atoms with Crippen LogP contribution in [0.1, 0.15) is 77.2 Å². The Balaban J connectivity index is 1.80. The van der Waals surface area contributed by atoms with E-state index >= 15 is 0 Å². The molecule has 0 radical (unpaired) electrons. The summed E-state index contributed by atoms with van der Waals surface area (Å²) in [6.45, 7) is 5.29. The molecule has 1 unspecified atom stereocenters. The molecule has 1 aromatic rings. The molecule has 1 aliphatic rings. The number of allylic oxidation sites excluding steroid dienone is 2. The molecule has 0 aromatic heterocycles. The molecule has 0 N–H and O–H groups in total. The van der Waals surface area contributed by atoms with Gasteiger partial charge in [-0.05, 0) is 61.4 Å². The van der Waals surface area contributed by atoms with Crippen LogP contribution in [0.25, 0.3) is 0 Å². The fourth-order valence-electron chi connectivity index (χ4n) is 3.09. The van der Waals surface area contributed by atoms with E-state index in [1.165, 1.54) is 50.5 Å². The summed E-state index contributed by atoms with van der Waals surface area (Å²) >= 11 is 0. The number of ether oxygens (including phenoxy) is 1. The Bertz CT molecular complexity index is 556. The van der Waals surface area contributed by atoms with Gasteiger partial charge in [0.1, 0.15) is 5.75 Å². The topological polar surface area (TPSA) is 9.23 Å². The number of hydrogen-bond donors (Lipinski definition) is 0. The lowest BCUT2D eigenvalue weighted by Crippen LogP contribution is -2.05. The molecule has 1 nitrogen and oxygen atoms in total. The van der Waals surface area contributed by atoms with Gasteiger partial charge in [-0.2, -0.15) is 0 Å². The summed E-state index contributed by atoms with van der Waals surface area (Å²) in [5.41, 5.74) is 2.40. The van der Waals surface area contributed by atoms with Crippen LogP contribution in [-0.2, 0) is 0 Å². The minimum atomic E-state index is 0.810. The molecule has 0 saturated carbocycles. The monoisotopic (exact) mass is 324 g/mol. The van der Waals surface area contributed by atoms with Crippen LogP contribution in [0.15, 0.2) is 35.9 Å². The average Bonchev–Trinajstić information content (AvgIpc) is 2.64. The third-order valence-corrected chi connectivity index (χ3v) is 4.72. The van der Waals surface area contributed by atoms with Crippen LogP contribution in [0, 0.1) is 17.8 Å². The Morgan fingerprint density at radius 2 is 1.79 bits per heavy atom. The van der Waals surface area contributed by atoms with Gasteiger partial charge in [0, 0.05) is 5.56 Å². The number of rotatable bonds is 8. The van der Waals surface area contributed by atoms with Crippen LogP contribution in [0.4, 0.5) is 0 Å². The summed E-state index contributed by atoms with van der Waals surface area (Å²) in [5.74, 6) is 8.51. The molecule has 24 heavy (non-hydrogen) atoms. The summed E-state index contributed by atoms with van der Waals surface area (Å²) < 4.78 is 5.74. The predicted molar refractivity (Wildman–Crippen MR) is 103 cm³/mol. The van der Waals surface area contributed by atoms with Crippen molar-refractivity contribution in [1.29, 1.82) is 0 Å². The third kappa shape index (κ3) is 6.83. The molecule has 1 atom stereocenters. The van der Waals surface area contributed by atoms with Gasteiger partial charge in [0.25, 0.3) is 0 Å². The second-order valence-electron chi connectivity index (χ2n) is 6.84. The second-order valence-corrected chi connectivity index (χ2v) is 6.84. The van der Waals surface area contributed by atoms with Crippen molar-refractivity contribution in [2.24, 2.45) is 5.92 Å². The third-order valence-electron chi connectivity index (χ3n) is 4.72. The largest absolute Gasteiger partial charge is 0.494 e. The van der Waals surface area contributed by atoms with E-state index in [4.69, 9.17) is 4.74 Å². The Hall–Kier alpha value is -1.68. The highest BCUT2D eigenvalue weighted by molar-refractivity contribution is 5.43. The second kappa shape index (κ2) is 11.0. The Morgan fingerprint density at radius 1 is 1.00 bits per heavy atom. The minimum absolute atomic E-state index is 0.810. The molecule has 2 rings (SSSR count). The zero-order chi connectivity index (χ0) is 17.0. The molecular formula is C23H32O. The Kier molecular flexibility index (Phi) is 8.53. The Labute approximate surface area is 148 Å². The van der Waals surface area contributed by atoms with Crippen molar-refractivity contribution in [3.63, 3.8) is 0 Å². The van der Waals surface area contributed by atoms with Gasteiger partial charge in [0.05, 0.1) is 6.61 Å². The fraction of sp³-hybridized carbons (Fsp3) is 0.565.